The summed E-state index contributed by atoms with van der Waals surface area (Å²) in [5, 5.41) is 2.92. The van der Waals surface area contributed by atoms with Gasteiger partial charge in [0.15, 0.2) is 0 Å². The van der Waals surface area contributed by atoms with E-state index in [1.165, 1.54) is 0 Å². The number of aliphatic imine (C=N–C) groups is 1. The Bertz CT molecular complexity index is 896. The number of nitrogens with zero attached hydrogens (tertiary/aromatic N) is 1. The molecule has 0 bridgehead atoms. The average molecular weight is 364 g/mol. The fourth-order valence-electron chi connectivity index (χ4n) is 2.98. The summed E-state index contributed by atoms with van der Waals surface area (Å²) >= 11 is 0. The third kappa shape index (κ3) is 4.61. The molecule has 0 spiro atoms. The molecule has 1 aliphatic rings. The number of anilines is 1. The predicted molar refractivity (Wildman–Crippen MR) is 106 cm³/mol. The summed E-state index contributed by atoms with van der Waals surface area (Å²) in [5.74, 6) is -0.600. The Morgan fingerprint density at radius 3 is 2.52 bits per heavy atom. The molecule has 0 aliphatic carbocycles. The Morgan fingerprint density at radius 2 is 1.85 bits per heavy atom. The highest BCUT2D eigenvalue weighted by molar-refractivity contribution is 6.11. The van der Waals surface area contributed by atoms with E-state index in [1.54, 1.807) is 18.2 Å². The van der Waals surface area contributed by atoms with Gasteiger partial charge in [-0.15, -0.1) is 0 Å². The topological polar surface area (TPSA) is 67.8 Å². The zero-order chi connectivity index (χ0) is 19.6. The number of esters is 1. The summed E-state index contributed by atoms with van der Waals surface area (Å²) in [7, 11) is 0. The van der Waals surface area contributed by atoms with Crippen molar-refractivity contribution in [3.05, 3.63) is 65.2 Å². The summed E-state index contributed by atoms with van der Waals surface area (Å²) in [6, 6.07) is 14.5. The van der Waals surface area contributed by atoms with Crippen molar-refractivity contribution in [2.24, 2.45) is 4.99 Å². The van der Waals surface area contributed by atoms with Crippen molar-refractivity contribution in [1.29, 1.82) is 0 Å². The highest BCUT2D eigenvalue weighted by Crippen LogP contribution is 2.25. The Labute approximate surface area is 159 Å². The normalized spacial score (nSPS) is 16.7. The predicted octanol–water partition coefficient (Wildman–Crippen LogP) is 4.01. The molecule has 0 fully saturated rings. The highest BCUT2D eigenvalue weighted by atomic mass is 16.6. The minimum absolute atomic E-state index is 0.182. The minimum atomic E-state index is -0.578. The summed E-state index contributed by atoms with van der Waals surface area (Å²) in [5.41, 5.74) is 3.03. The molecule has 0 unspecified atom stereocenters. The van der Waals surface area contributed by atoms with E-state index in [-0.39, 0.29) is 5.91 Å². The van der Waals surface area contributed by atoms with Crippen LogP contribution in [0.3, 0.4) is 0 Å². The van der Waals surface area contributed by atoms with E-state index in [2.05, 4.69) is 10.3 Å². The van der Waals surface area contributed by atoms with E-state index in [0.717, 1.165) is 16.8 Å². The second-order valence-corrected chi connectivity index (χ2v) is 7.67. The maximum absolute atomic E-state index is 12.7. The number of benzene rings is 2. The molecule has 1 N–H and O–H groups in total. The Morgan fingerprint density at radius 1 is 1.15 bits per heavy atom. The van der Waals surface area contributed by atoms with Crippen LogP contribution < -0.4 is 5.32 Å². The maximum Gasteiger partial charge on any atom is 0.338 e. The lowest BCUT2D eigenvalue weighted by atomic mass is 10.1. The standard InChI is InChI=1S/C22H24N2O3/c1-14-17-11-10-16(21(26)27-22(2,3)4)13-18(17)24-20(25)19(23-14)12-15-8-6-5-7-9-15/h5-11,13,19H,12H2,1-4H3,(H,24,25)/t19-/m0/s1. The summed E-state index contributed by atoms with van der Waals surface area (Å²) in [4.78, 5) is 29.7. The van der Waals surface area contributed by atoms with Gasteiger partial charge in [-0.3, -0.25) is 9.79 Å². The van der Waals surface area contributed by atoms with Crippen molar-refractivity contribution in [3.8, 4) is 0 Å². The van der Waals surface area contributed by atoms with Crippen LogP contribution in [0, 0.1) is 0 Å². The zero-order valence-corrected chi connectivity index (χ0v) is 16.1. The summed E-state index contributed by atoms with van der Waals surface area (Å²) in [6.45, 7) is 7.34. The molecular weight excluding hydrogens is 340 g/mol. The second-order valence-electron chi connectivity index (χ2n) is 7.67. The number of amides is 1. The first-order valence-electron chi connectivity index (χ1n) is 9.00. The van der Waals surface area contributed by atoms with Gasteiger partial charge in [-0.05, 0) is 45.4 Å². The number of hydrogen-bond acceptors (Lipinski definition) is 4. The van der Waals surface area contributed by atoms with Crippen LogP contribution in [0.5, 0.6) is 0 Å². The second kappa shape index (κ2) is 7.35. The molecule has 1 atom stereocenters. The Hall–Kier alpha value is -2.95. The van der Waals surface area contributed by atoms with Gasteiger partial charge < -0.3 is 10.1 Å². The van der Waals surface area contributed by atoms with Crippen LogP contribution in [0.25, 0.3) is 0 Å². The van der Waals surface area contributed by atoms with Crippen molar-refractivity contribution in [1.82, 2.24) is 0 Å². The van der Waals surface area contributed by atoms with Crippen LogP contribution >= 0.6 is 0 Å². The van der Waals surface area contributed by atoms with E-state index in [0.29, 0.717) is 17.7 Å². The smallest absolute Gasteiger partial charge is 0.338 e. The van der Waals surface area contributed by atoms with Crippen LogP contribution in [0.4, 0.5) is 5.69 Å². The average Bonchev–Trinajstić information content (AvgIpc) is 2.71. The molecule has 1 heterocycles. The SMILES string of the molecule is CC1=N[C@@H](Cc2ccccc2)C(=O)Nc2cc(C(=O)OC(C)(C)C)ccc21. The van der Waals surface area contributed by atoms with Crippen molar-refractivity contribution in [2.75, 3.05) is 5.32 Å². The first-order chi connectivity index (χ1) is 12.7. The monoisotopic (exact) mass is 364 g/mol. The van der Waals surface area contributed by atoms with Crippen molar-refractivity contribution < 1.29 is 14.3 Å². The molecule has 2 aromatic carbocycles. The quantitative estimate of drug-likeness (QED) is 0.837. The van der Waals surface area contributed by atoms with Gasteiger partial charge in [-0.1, -0.05) is 36.4 Å². The van der Waals surface area contributed by atoms with Crippen molar-refractivity contribution in [3.63, 3.8) is 0 Å². The molecule has 0 aromatic heterocycles. The van der Waals surface area contributed by atoms with Gasteiger partial charge in [0.1, 0.15) is 11.6 Å². The minimum Gasteiger partial charge on any atom is -0.456 e. The van der Waals surface area contributed by atoms with Crippen molar-refractivity contribution in [2.45, 2.75) is 45.8 Å². The van der Waals surface area contributed by atoms with Crippen LogP contribution in [-0.2, 0) is 16.0 Å². The lowest BCUT2D eigenvalue weighted by Crippen LogP contribution is -2.27. The third-order valence-electron chi connectivity index (χ3n) is 4.23. The molecule has 0 saturated carbocycles. The molecule has 3 rings (SSSR count). The molecule has 140 valence electrons. The molecule has 27 heavy (non-hydrogen) atoms. The van der Waals surface area contributed by atoms with E-state index in [1.807, 2.05) is 58.0 Å². The number of ether oxygens (including phenoxy) is 1. The van der Waals surface area contributed by atoms with Crippen molar-refractivity contribution >= 4 is 23.3 Å². The van der Waals surface area contributed by atoms with Gasteiger partial charge in [0, 0.05) is 17.7 Å². The third-order valence-corrected chi connectivity index (χ3v) is 4.23. The number of carbonyl (C=O) groups excluding carboxylic acids is 2. The van der Waals surface area contributed by atoms with Crippen LogP contribution in [-0.4, -0.2) is 29.2 Å². The van der Waals surface area contributed by atoms with Gasteiger partial charge in [0.05, 0.1) is 11.3 Å². The molecule has 5 heteroatoms. The molecule has 1 amide bonds. The number of hydrogen-bond donors (Lipinski definition) is 1. The molecule has 0 radical (unpaired) electrons. The maximum atomic E-state index is 12.7. The lowest BCUT2D eigenvalue weighted by Gasteiger charge is -2.20. The van der Waals surface area contributed by atoms with E-state index < -0.39 is 17.6 Å². The fourth-order valence-corrected chi connectivity index (χ4v) is 2.98. The number of carbonyl (C=O) groups is 2. The molecule has 5 nitrogen and oxygen atoms in total. The number of benzodiazepines with no additional fused rings is 1. The highest BCUT2D eigenvalue weighted by Gasteiger charge is 2.25. The zero-order valence-electron chi connectivity index (χ0n) is 16.1. The summed E-state index contributed by atoms with van der Waals surface area (Å²) in [6.07, 6.45) is 0.525. The number of fused-ring (bicyclic) bond motifs is 1. The van der Waals surface area contributed by atoms with Gasteiger partial charge >= 0.3 is 5.97 Å². The van der Waals surface area contributed by atoms with E-state index in [4.69, 9.17) is 4.74 Å². The molecular formula is C22H24N2O3. The van der Waals surface area contributed by atoms with Gasteiger partial charge in [-0.25, -0.2) is 4.79 Å². The fraction of sp³-hybridized carbons (Fsp3) is 0.318. The van der Waals surface area contributed by atoms with Crippen LogP contribution in [0.2, 0.25) is 0 Å². The largest absolute Gasteiger partial charge is 0.456 e. The molecule has 2 aromatic rings. The van der Waals surface area contributed by atoms with E-state index >= 15 is 0 Å². The lowest BCUT2D eigenvalue weighted by molar-refractivity contribution is -0.117. The van der Waals surface area contributed by atoms with Crippen LogP contribution in [0.1, 0.15) is 49.2 Å². The Balaban J connectivity index is 1.86. The van der Waals surface area contributed by atoms with E-state index in [9.17, 15) is 9.59 Å². The first-order valence-corrected chi connectivity index (χ1v) is 9.00. The Kier molecular flexibility index (Phi) is 5.13. The van der Waals surface area contributed by atoms with Gasteiger partial charge in [-0.2, -0.15) is 0 Å². The molecule has 1 aliphatic heterocycles. The van der Waals surface area contributed by atoms with Crippen LogP contribution in [0.15, 0.2) is 53.5 Å². The number of nitrogens with one attached hydrogen (secondary N) is 1. The summed E-state index contributed by atoms with van der Waals surface area (Å²) < 4.78 is 5.42. The molecule has 0 saturated heterocycles. The van der Waals surface area contributed by atoms with Gasteiger partial charge in [0.25, 0.3) is 0 Å². The number of rotatable bonds is 3. The first kappa shape index (κ1) is 18.8. The van der Waals surface area contributed by atoms with Gasteiger partial charge in [0.2, 0.25) is 5.91 Å².